The molecule has 0 bridgehead atoms. The number of nitrogens with zero attached hydrogens (tertiary/aromatic N) is 1. The molecule has 0 saturated carbocycles. The maximum absolute atomic E-state index is 5.95. The molecule has 0 unspecified atom stereocenters. The molecule has 3 nitrogen and oxygen atoms in total. The van der Waals surface area contributed by atoms with Gasteiger partial charge in [-0.05, 0) is 25.1 Å². The van der Waals surface area contributed by atoms with Gasteiger partial charge in [0.1, 0.15) is 0 Å². The van der Waals surface area contributed by atoms with Gasteiger partial charge in [-0.25, -0.2) is 0 Å². The molecule has 94 valence electrons. The van der Waals surface area contributed by atoms with Gasteiger partial charge >= 0.3 is 0 Å². The van der Waals surface area contributed by atoms with Gasteiger partial charge in [0.05, 0.1) is 24.1 Å². The van der Waals surface area contributed by atoms with Crippen LogP contribution in [0.4, 0.5) is 0 Å². The Morgan fingerprint density at radius 3 is 2.88 bits per heavy atom. The summed E-state index contributed by atoms with van der Waals surface area (Å²) < 4.78 is 12.4. The van der Waals surface area contributed by atoms with Gasteiger partial charge in [-0.1, -0.05) is 11.6 Å². The van der Waals surface area contributed by atoms with Crippen LogP contribution in [0.25, 0.3) is 0 Å². The summed E-state index contributed by atoms with van der Waals surface area (Å²) >= 11 is 7.60. The maximum Gasteiger partial charge on any atom is 0.181 e. The van der Waals surface area contributed by atoms with Gasteiger partial charge < -0.3 is 9.47 Å². The number of likely N-dealkylation sites (tertiary alicyclic amines) is 1. The van der Waals surface area contributed by atoms with E-state index < -0.39 is 0 Å². The van der Waals surface area contributed by atoms with E-state index in [9.17, 15) is 0 Å². The zero-order chi connectivity index (χ0) is 11.7. The molecule has 5 heteroatoms. The second-order valence-electron chi connectivity index (χ2n) is 4.63. The minimum Gasteiger partial charge on any atom is -0.346 e. The summed E-state index contributed by atoms with van der Waals surface area (Å²) in [5.41, 5.74) is 0. The van der Waals surface area contributed by atoms with Crippen LogP contribution in [0.3, 0.4) is 0 Å². The van der Waals surface area contributed by atoms with Crippen molar-refractivity contribution in [3.05, 3.63) is 21.3 Å². The number of piperidine rings is 1. The molecule has 0 N–H and O–H groups in total. The number of thiophene rings is 1. The van der Waals surface area contributed by atoms with Crippen LogP contribution in [-0.2, 0) is 16.0 Å². The lowest BCUT2D eigenvalue weighted by Gasteiger charge is -2.38. The number of halogens is 1. The molecule has 0 radical (unpaired) electrons. The monoisotopic (exact) mass is 273 g/mol. The standard InChI is InChI=1S/C12H16ClNO2S/c13-11-3-2-10(17-11)8-14-5-1-4-12(9-14)15-6-7-16-12/h2-3H,1,4-9H2. The third-order valence-electron chi connectivity index (χ3n) is 3.32. The van der Waals surface area contributed by atoms with E-state index in [2.05, 4.69) is 11.0 Å². The highest BCUT2D eigenvalue weighted by atomic mass is 35.5. The van der Waals surface area contributed by atoms with Gasteiger partial charge in [-0.2, -0.15) is 0 Å². The normalized spacial score (nSPS) is 24.5. The molecule has 17 heavy (non-hydrogen) atoms. The zero-order valence-corrected chi connectivity index (χ0v) is 11.2. The zero-order valence-electron chi connectivity index (χ0n) is 9.65. The summed E-state index contributed by atoms with van der Waals surface area (Å²) in [7, 11) is 0. The summed E-state index contributed by atoms with van der Waals surface area (Å²) in [6, 6.07) is 4.06. The second-order valence-corrected chi connectivity index (χ2v) is 6.43. The molecule has 1 aromatic rings. The van der Waals surface area contributed by atoms with Crippen molar-refractivity contribution in [1.82, 2.24) is 4.90 Å². The maximum atomic E-state index is 5.95. The molecular weight excluding hydrogens is 258 g/mol. The molecule has 2 aliphatic rings. The van der Waals surface area contributed by atoms with Crippen molar-refractivity contribution < 1.29 is 9.47 Å². The predicted octanol–water partition coefficient (Wildman–Crippen LogP) is 2.74. The van der Waals surface area contributed by atoms with E-state index in [1.807, 2.05) is 6.07 Å². The van der Waals surface area contributed by atoms with Crippen LogP contribution >= 0.6 is 22.9 Å². The molecule has 3 heterocycles. The predicted molar refractivity (Wildman–Crippen MR) is 68.5 cm³/mol. The van der Waals surface area contributed by atoms with E-state index in [0.29, 0.717) is 0 Å². The van der Waals surface area contributed by atoms with Crippen molar-refractivity contribution in [3.63, 3.8) is 0 Å². The fourth-order valence-corrected chi connectivity index (χ4v) is 3.73. The van der Waals surface area contributed by atoms with Crippen molar-refractivity contribution in [1.29, 1.82) is 0 Å². The van der Waals surface area contributed by atoms with Crippen LogP contribution in [0.2, 0.25) is 4.34 Å². The molecule has 2 saturated heterocycles. The average molecular weight is 274 g/mol. The number of hydrogen-bond donors (Lipinski definition) is 0. The Kier molecular flexibility index (Phi) is 3.41. The molecule has 2 fully saturated rings. The Morgan fingerprint density at radius 2 is 2.18 bits per heavy atom. The number of hydrogen-bond acceptors (Lipinski definition) is 4. The molecule has 0 amide bonds. The van der Waals surface area contributed by atoms with Crippen LogP contribution in [0.5, 0.6) is 0 Å². The summed E-state index contributed by atoms with van der Waals surface area (Å²) in [6.07, 6.45) is 2.16. The highest BCUT2D eigenvalue weighted by Crippen LogP contribution is 2.31. The summed E-state index contributed by atoms with van der Waals surface area (Å²) in [6.45, 7) is 4.41. The van der Waals surface area contributed by atoms with Crippen LogP contribution in [0.15, 0.2) is 12.1 Å². The van der Waals surface area contributed by atoms with Crippen molar-refractivity contribution in [2.45, 2.75) is 25.2 Å². The first-order valence-electron chi connectivity index (χ1n) is 6.00. The van der Waals surface area contributed by atoms with E-state index >= 15 is 0 Å². The lowest BCUT2D eigenvalue weighted by Crippen LogP contribution is -2.48. The Hall–Kier alpha value is -0.130. The Morgan fingerprint density at radius 1 is 1.35 bits per heavy atom. The third kappa shape index (κ3) is 2.66. The van der Waals surface area contributed by atoms with Crippen LogP contribution in [0, 0.1) is 0 Å². The van der Waals surface area contributed by atoms with Crippen molar-refractivity contribution >= 4 is 22.9 Å². The van der Waals surface area contributed by atoms with E-state index in [0.717, 1.165) is 50.0 Å². The largest absolute Gasteiger partial charge is 0.346 e. The highest BCUT2D eigenvalue weighted by Gasteiger charge is 2.40. The Labute approximate surface area is 110 Å². The third-order valence-corrected chi connectivity index (χ3v) is 4.53. The SMILES string of the molecule is Clc1ccc(CN2CCCC3(C2)OCCO3)s1. The molecule has 0 aliphatic carbocycles. The van der Waals surface area contributed by atoms with Crippen molar-refractivity contribution in [2.75, 3.05) is 26.3 Å². The smallest absolute Gasteiger partial charge is 0.181 e. The minimum atomic E-state index is -0.320. The first-order valence-corrected chi connectivity index (χ1v) is 7.20. The van der Waals surface area contributed by atoms with Crippen LogP contribution in [-0.4, -0.2) is 37.0 Å². The molecule has 1 spiro atoms. The fraction of sp³-hybridized carbons (Fsp3) is 0.667. The minimum absolute atomic E-state index is 0.320. The summed E-state index contributed by atoms with van der Waals surface area (Å²) in [5.74, 6) is -0.320. The van der Waals surface area contributed by atoms with Gasteiger partial charge in [0.2, 0.25) is 0 Å². The van der Waals surface area contributed by atoms with Crippen LogP contribution in [0.1, 0.15) is 17.7 Å². The average Bonchev–Trinajstić information content (AvgIpc) is 2.89. The Bertz CT molecular complexity index is 390. The Balaban J connectivity index is 1.64. The van der Waals surface area contributed by atoms with Crippen LogP contribution < -0.4 is 0 Å². The first kappa shape index (κ1) is 11.9. The molecule has 1 aromatic heterocycles. The van der Waals surface area contributed by atoms with Gasteiger partial charge in [0.15, 0.2) is 5.79 Å². The second kappa shape index (κ2) is 4.86. The molecule has 0 atom stereocenters. The lowest BCUT2D eigenvalue weighted by atomic mass is 10.0. The summed E-state index contributed by atoms with van der Waals surface area (Å²) in [5, 5.41) is 0. The lowest BCUT2D eigenvalue weighted by molar-refractivity contribution is -0.190. The highest BCUT2D eigenvalue weighted by molar-refractivity contribution is 7.16. The number of rotatable bonds is 2. The van der Waals surface area contributed by atoms with Gasteiger partial charge in [0.25, 0.3) is 0 Å². The molecule has 3 rings (SSSR count). The van der Waals surface area contributed by atoms with Crippen molar-refractivity contribution in [3.8, 4) is 0 Å². The first-order chi connectivity index (χ1) is 8.26. The van der Waals surface area contributed by atoms with E-state index in [-0.39, 0.29) is 5.79 Å². The quantitative estimate of drug-likeness (QED) is 0.827. The van der Waals surface area contributed by atoms with E-state index in [4.69, 9.17) is 21.1 Å². The van der Waals surface area contributed by atoms with Gasteiger partial charge in [-0.15, -0.1) is 11.3 Å². The number of ether oxygens (including phenoxy) is 2. The molecule has 0 aromatic carbocycles. The van der Waals surface area contributed by atoms with Gasteiger partial charge in [-0.3, -0.25) is 4.90 Å². The fourth-order valence-electron chi connectivity index (χ4n) is 2.60. The summed E-state index contributed by atoms with van der Waals surface area (Å²) in [4.78, 5) is 3.71. The topological polar surface area (TPSA) is 21.7 Å². The van der Waals surface area contributed by atoms with Crippen molar-refractivity contribution in [2.24, 2.45) is 0 Å². The van der Waals surface area contributed by atoms with Gasteiger partial charge in [0, 0.05) is 17.8 Å². The van der Waals surface area contributed by atoms with E-state index in [1.54, 1.807) is 11.3 Å². The molecule has 2 aliphatic heterocycles. The molecular formula is C12H16ClNO2S. The van der Waals surface area contributed by atoms with E-state index in [1.165, 1.54) is 4.88 Å².